The van der Waals surface area contributed by atoms with Gasteiger partial charge in [0.2, 0.25) is 0 Å². The van der Waals surface area contributed by atoms with Crippen LogP contribution in [-0.4, -0.2) is 3.21 Å². The first-order valence-corrected chi connectivity index (χ1v) is 11.4. The van der Waals surface area contributed by atoms with Crippen molar-refractivity contribution in [1.82, 2.24) is 0 Å². The fourth-order valence-electron chi connectivity index (χ4n) is 3.53. The van der Waals surface area contributed by atoms with Crippen molar-refractivity contribution in [3.8, 4) is 22.3 Å². The number of halogens is 6. The summed E-state index contributed by atoms with van der Waals surface area (Å²) in [5, 5.41) is 0. The summed E-state index contributed by atoms with van der Waals surface area (Å²) >= 11 is 1.18. The van der Waals surface area contributed by atoms with Crippen LogP contribution in [0.3, 0.4) is 0 Å². The van der Waals surface area contributed by atoms with Crippen LogP contribution in [0.2, 0.25) is 0 Å². The molecule has 0 spiro atoms. The van der Waals surface area contributed by atoms with Gasteiger partial charge in [0.25, 0.3) is 0 Å². The Bertz CT molecular complexity index is 1180. The van der Waals surface area contributed by atoms with Gasteiger partial charge in [0.05, 0.1) is 0 Å². The Hall–Kier alpha value is -2.79. The van der Waals surface area contributed by atoms with E-state index in [4.69, 9.17) is 0 Å². The van der Waals surface area contributed by atoms with E-state index in [9.17, 15) is 26.3 Å². The molecular formula is C27H16F6Zr+2. The van der Waals surface area contributed by atoms with Crippen LogP contribution in [0.25, 0.3) is 22.3 Å². The van der Waals surface area contributed by atoms with Crippen LogP contribution >= 0.6 is 0 Å². The molecule has 0 heterocycles. The van der Waals surface area contributed by atoms with E-state index < -0.39 is 23.5 Å². The van der Waals surface area contributed by atoms with Gasteiger partial charge in [-0.25, -0.2) is 0 Å². The Morgan fingerprint density at radius 1 is 0.412 bits per heavy atom. The molecule has 4 rings (SSSR count). The van der Waals surface area contributed by atoms with Crippen LogP contribution in [0.5, 0.6) is 0 Å². The summed E-state index contributed by atoms with van der Waals surface area (Å²) in [5.41, 5.74) is 3.67. The SMILES string of the molecule is FC(F)(F)c1ccc(-c2ccc([C](=[Zr+2])c3ccc(-c4ccc(C(F)(F)F)cc4)cc3)cc2)cc1. The van der Waals surface area contributed by atoms with E-state index >= 15 is 0 Å². The third-order valence-electron chi connectivity index (χ3n) is 5.44. The quantitative estimate of drug-likeness (QED) is 0.227. The molecule has 0 aromatic heterocycles. The van der Waals surface area contributed by atoms with Gasteiger partial charge in [-0.15, -0.1) is 0 Å². The zero-order valence-corrected chi connectivity index (χ0v) is 20.0. The first-order valence-electron chi connectivity index (χ1n) is 10.2. The van der Waals surface area contributed by atoms with Crippen molar-refractivity contribution in [2.45, 2.75) is 12.4 Å². The van der Waals surface area contributed by atoms with Crippen molar-refractivity contribution in [2.24, 2.45) is 0 Å². The molecule has 0 fully saturated rings. The summed E-state index contributed by atoms with van der Waals surface area (Å²) in [6.07, 6.45) is -8.72. The molecule has 0 atom stereocenters. The second kappa shape index (κ2) is 9.46. The van der Waals surface area contributed by atoms with E-state index in [1.807, 2.05) is 48.5 Å². The average molecular weight is 546 g/mol. The molecule has 0 aliphatic rings. The number of rotatable bonds is 4. The monoisotopic (exact) mass is 544 g/mol. The molecule has 0 radical (unpaired) electrons. The van der Waals surface area contributed by atoms with Gasteiger partial charge >= 0.3 is 208 Å². The predicted molar refractivity (Wildman–Crippen MR) is 117 cm³/mol. The molecule has 0 aliphatic heterocycles. The van der Waals surface area contributed by atoms with Crippen molar-refractivity contribution in [2.75, 3.05) is 0 Å². The molecule has 4 aromatic carbocycles. The fraction of sp³-hybridized carbons (Fsp3) is 0.0741. The van der Waals surface area contributed by atoms with E-state index in [1.165, 1.54) is 48.5 Å². The molecule has 4 aromatic rings. The molecule has 0 aliphatic carbocycles. The first kappa shape index (κ1) is 24.3. The van der Waals surface area contributed by atoms with Crippen molar-refractivity contribution in [3.63, 3.8) is 0 Å². The number of alkyl halides is 6. The van der Waals surface area contributed by atoms with Crippen LogP contribution in [-0.2, 0) is 36.6 Å². The fourth-order valence-corrected chi connectivity index (χ4v) is 4.35. The predicted octanol–water partition coefficient (Wildman–Crippen LogP) is 8.17. The van der Waals surface area contributed by atoms with E-state index in [0.717, 1.165) is 49.7 Å². The van der Waals surface area contributed by atoms with Crippen molar-refractivity contribution < 1.29 is 50.6 Å². The molecule has 0 amide bonds. The summed E-state index contributed by atoms with van der Waals surface area (Å²) in [5.74, 6) is 0. The maximum absolute atomic E-state index is 12.8. The van der Waals surface area contributed by atoms with Gasteiger partial charge in [0.15, 0.2) is 0 Å². The summed E-state index contributed by atoms with van der Waals surface area (Å²) < 4.78 is 77.7. The summed E-state index contributed by atoms with van der Waals surface area (Å²) in [4.78, 5) is 0. The molecule has 0 nitrogen and oxygen atoms in total. The zero-order chi connectivity index (χ0) is 24.5. The first-order chi connectivity index (χ1) is 16.0. The molecule has 0 saturated heterocycles. The third-order valence-corrected chi connectivity index (χ3v) is 6.86. The van der Waals surface area contributed by atoms with Gasteiger partial charge in [-0.2, -0.15) is 0 Å². The third kappa shape index (κ3) is 5.47. The number of benzene rings is 4. The van der Waals surface area contributed by atoms with Crippen LogP contribution < -0.4 is 0 Å². The molecule has 7 heteroatoms. The van der Waals surface area contributed by atoms with E-state index in [-0.39, 0.29) is 0 Å². The molecular weight excluding hydrogens is 530 g/mol. The van der Waals surface area contributed by atoms with Crippen molar-refractivity contribution >= 4 is 3.21 Å². The topological polar surface area (TPSA) is 0 Å². The minimum atomic E-state index is -4.36. The van der Waals surface area contributed by atoms with Crippen LogP contribution in [0.1, 0.15) is 22.3 Å². The number of hydrogen-bond donors (Lipinski definition) is 0. The molecule has 168 valence electrons. The van der Waals surface area contributed by atoms with E-state index in [0.29, 0.717) is 11.1 Å². The van der Waals surface area contributed by atoms with Crippen LogP contribution in [0.15, 0.2) is 97.1 Å². The molecule has 34 heavy (non-hydrogen) atoms. The molecule has 0 saturated carbocycles. The Morgan fingerprint density at radius 3 is 0.882 bits per heavy atom. The molecule has 0 N–H and O–H groups in total. The molecule has 0 unspecified atom stereocenters. The standard InChI is InChI=1S/C27H16F6.Zr/c28-26(29,30)24-13-9-22(10-14-24)20-5-1-18(2-6-20)17-19-3-7-21(8-4-19)23-11-15-25(16-12-23)27(31,32)33;/h1-16H;/q;+2. The Labute approximate surface area is 207 Å². The van der Waals surface area contributed by atoms with Crippen molar-refractivity contribution in [3.05, 3.63) is 119 Å². The second-order valence-corrected chi connectivity index (χ2v) is 8.91. The van der Waals surface area contributed by atoms with Gasteiger partial charge in [0, 0.05) is 0 Å². The van der Waals surface area contributed by atoms with Crippen molar-refractivity contribution in [1.29, 1.82) is 0 Å². The normalized spacial score (nSPS) is 12.0. The maximum atomic E-state index is 12.8. The Balaban J connectivity index is 1.49. The van der Waals surface area contributed by atoms with E-state index in [2.05, 4.69) is 0 Å². The van der Waals surface area contributed by atoms with E-state index in [1.54, 1.807) is 0 Å². The van der Waals surface area contributed by atoms with Gasteiger partial charge in [-0.3, -0.25) is 0 Å². The summed E-state index contributed by atoms with van der Waals surface area (Å²) in [6, 6.07) is 25.3. The zero-order valence-electron chi connectivity index (χ0n) is 17.5. The minimum absolute atomic E-state index is 0.680. The second-order valence-electron chi connectivity index (χ2n) is 7.68. The van der Waals surface area contributed by atoms with Crippen LogP contribution in [0, 0.1) is 0 Å². The van der Waals surface area contributed by atoms with Crippen LogP contribution in [0.4, 0.5) is 26.3 Å². The Morgan fingerprint density at radius 2 is 0.647 bits per heavy atom. The van der Waals surface area contributed by atoms with Gasteiger partial charge < -0.3 is 0 Å². The average Bonchev–Trinajstić information content (AvgIpc) is 2.83. The summed E-state index contributed by atoms with van der Waals surface area (Å²) in [6.45, 7) is 0. The number of hydrogen-bond acceptors (Lipinski definition) is 0. The molecule has 0 bridgehead atoms. The van der Waals surface area contributed by atoms with Gasteiger partial charge in [0.1, 0.15) is 0 Å². The van der Waals surface area contributed by atoms with Gasteiger partial charge in [-0.1, -0.05) is 0 Å². The van der Waals surface area contributed by atoms with Gasteiger partial charge in [-0.05, 0) is 0 Å². The summed E-state index contributed by atoms with van der Waals surface area (Å²) in [7, 11) is 0. The Kier molecular flexibility index (Phi) is 6.77.